The lowest BCUT2D eigenvalue weighted by molar-refractivity contribution is -0.145. The standard InChI is InChI=1S/C14H26N2O4/c1-3-9-20-10-5-7-15-14(19)16-8-4-6-11(2)12(16)13(17)18/h11-12H,3-10H2,1-2H3,(H,15,19)(H,17,18). The molecule has 1 rings (SSSR count). The Hall–Kier alpha value is -1.30. The van der Waals surface area contributed by atoms with Crippen LogP contribution in [0.4, 0.5) is 4.79 Å². The zero-order chi connectivity index (χ0) is 15.0. The van der Waals surface area contributed by atoms with Crippen LogP contribution >= 0.6 is 0 Å². The van der Waals surface area contributed by atoms with Gasteiger partial charge >= 0.3 is 12.0 Å². The molecule has 1 heterocycles. The molecule has 2 N–H and O–H groups in total. The fourth-order valence-corrected chi connectivity index (χ4v) is 2.51. The molecule has 0 radical (unpaired) electrons. The molecule has 0 aromatic carbocycles. The van der Waals surface area contributed by atoms with E-state index in [2.05, 4.69) is 5.32 Å². The first kappa shape index (κ1) is 16.8. The largest absolute Gasteiger partial charge is 0.480 e. The van der Waals surface area contributed by atoms with Crippen molar-refractivity contribution in [2.75, 3.05) is 26.3 Å². The quantitative estimate of drug-likeness (QED) is 0.698. The maximum absolute atomic E-state index is 12.1. The van der Waals surface area contributed by atoms with Crippen molar-refractivity contribution in [3.63, 3.8) is 0 Å². The third-order valence-electron chi connectivity index (χ3n) is 3.54. The normalized spacial score (nSPS) is 22.6. The first-order chi connectivity index (χ1) is 9.57. The number of hydrogen-bond acceptors (Lipinski definition) is 3. The van der Waals surface area contributed by atoms with Gasteiger partial charge < -0.3 is 20.1 Å². The minimum Gasteiger partial charge on any atom is -0.480 e. The molecule has 1 aliphatic heterocycles. The Balaban J connectivity index is 2.35. The first-order valence-corrected chi connectivity index (χ1v) is 7.43. The van der Waals surface area contributed by atoms with Gasteiger partial charge in [0.1, 0.15) is 6.04 Å². The van der Waals surface area contributed by atoms with Gasteiger partial charge in [-0.2, -0.15) is 0 Å². The van der Waals surface area contributed by atoms with E-state index >= 15 is 0 Å². The van der Waals surface area contributed by atoms with Crippen LogP contribution in [0, 0.1) is 5.92 Å². The zero-order valence-corrected chi connectivity index (χ0v) is 12.4. The van der Waals surface area contributed by atoms with Crippen molar-refractivity contribution in [1.29, 1.82) is 0 Å². The van der Waals surface area contributed by atoms with Gasteiger partial charge in [0.25, 0.3) is 0 Å². The van der Waals surface area contributed by atoms with E-state index in [0.29, 0.717) is 19.7 Å². The molecule has 0 aromatic rings. The van der Waals surface area contributed by atoms with E-state index in [1.807, 2.05) is 13.8 Å². The van der Waals surface area contributed by atoms with Gasteiger partial charge in [-0.3, -0.25) is 0 Å². The van der Waals surface area contributed by atoms with Crippen LogP contribution in [-0.4, -0.2) is 54.4 Å². The van der Waals surface area contributed by atoms with Crippen molar-refractivity contribution in [3.05, 3.63) is 0 Å². The number of carbonyl (C=O) groups is 2. The van der Waals surface area contributed by atoms with E-state index in [4.69, 9.17) is 4.74 Å². The van der Waals surface area contributed by atoms with Crippen molar-refractivity contribution in [3.8, 4) is 0 Å². The van der Waals surface area contributed by atoms with Gasteiger partial charge in [0.2, 0.25) is 0 Å². The lowest BCUT2D eigenvalue weighted by atomic mass is 9.91. The van der Waals surface area contributed by atoms with Crippen LogP contribution in [0.15, 0.2) is 0 Å². The molecule has 0 aromatic heterocycles. The van der Waals surface area contributed by atoms with Crippen LogP contribution in [0.3, 0.4) is 0 Å². The van der Waals surface area contributed by atoms with Crippen molar-refractivity contribution in [2.45, 2.75) is 45.6 Å². The summed E-state index contributed by atoms with van der Waals surface area (Å²) in [5, 5.41) is 12.0. The molecule has 0 spiro atoms. The van der Waals surface area contributed by atoms with Gasteiger partial charge in [-0.25, -0.2) is 9.59 Å². The summed E-state index contributed by atoms with van der Waals surface area (Å²) in [5.74, 6) is -0.918. The number of ether oxygens (including phenoxy) is 1. The van der Waals surface area contributed by atoms with Gasteiger partial charge in [-0.15, -0.1) is 0 Å². The highest BCUT2D eigenvalue weighted by Gasteiger charge is 2.36. The maximum atomic E-state index is 12.1. The number of urea groups is 1. The van der Waals surface area contributed by atoms with E-state index in [1.54, 1.807) is 0 Å². The molecule has 2 atom stereocenters. The number of aliphatic carboxylic acids is 1. The summed E-state index contributed by atoms with van der Waals surface area (Å²) in [7, 11) is 0. The summed E-state index contributed by atoms with van der Waals surface area (Å²) in [6.45, 7) is 6.31. The van der Waals surface area contributed by atoms with Crippen LogP contribution in [0.2, 0.25) is 0 Å². The molecule has 1 aliphatic rings. The highest BCUT2D eigenvalue weighted by atomic mass is 16.5. The Bertz CT molecular complexity index is 322. The second kappa shape index (κ2) is 8.79. The van der Waals surface area contributed by atoms with Gasteiger partial charge in [0.05, 0.1) is 0 Å². The fraction of sp³-hybridized carbons (Fsp3) is 0.857. The molecule has 6 heteroatoms. The van der Waals surface area contributed by atoms with Crippen LogP contribution < -0.4 is 5.32 Å². The molecule has 0 saturated carbocycles. The molecule has 6 nitrogen and oxygen atoms in total. The number of piperidine rings is 1. The van der Waals surface area contributed by atoms with Crippen LogP contribution in [0.5, 0.6) is 0 Å². The summed E-state index contributed by atoms with van der Waals surface area (Å²) < 4.78 is 5.33. The summed E-state index contributed by atoms with van der Waals surface area (Å²) >= 11 is 0. The summed E-state index contributed by atoms with van der Waals surface area (Å²) in [4.78, 5) is 24.8. The highest BCUT2D eigenvalue weighted by molar-refractivity contribution is 5.83. The third kappa shape index (κ3) is 5.00. The third-order valence-corrected chi connectivity index (χ3v) is 3.54. The van der Waals surface area contributed by atoms with Gasteiger partial charge in [0, 0.05) is 26.3 Å². The Morgan fingerprint density at radius 1 is 1.40 bits per heavy atom. The van der Waals surface area contributed by atoms with E-state index < -0.39 is 12.0 Å². The smallest absolute Gasteiger partial charge is 0.326 e. The number of amides is 2. The SMILES string of the molecule is CCCOCCCNC(=O)N1CCCC(C)C1C(=O)O. The topological polar surface area (TPSA) is 78.9 Å². The lowest BCUT2D eigenvalue weighted by Crippen LogP contribution is -2.55. The van der Waals surface area contributed by atoms with E-state index in [9.17, 15) is 14.7 Å². The molecule has 20 heavy (non-hydrogen) atoms. The van der Waals surface area contributed by atoms with Crippen molar-refractivity contribution in [1.82, 2.24) is 10.2 Å². The highest BCUT2D eigenvalue weighted by Crippen LogP contribution is 2.23. The summed E-state index contributed by atoms with van der Waals surface area (Å²) in [5.41, 5.74) is 0. The number of rotatable bonds is 7. The van der Waals surface area contributed by atoms with Crippen LogP contribution in [0.25, 0.3) is 0 Å². The Morgan fingerprint density at radius 3 is 2.80 bits per heavy atom. The monoisotopic (exact) mass is 286 g/mol. The van der Waals surface area contributed by atoms with Crippen molar-refractivity contribution in [2.24, 2.45) is 5.92 Å². The van der Waals surface area contributed by atoms with Gasteiger partial charge in [-0.1, -0.05) is 13.8 Å². The zero-order valence-electron chi connectivity index (χ0n) is 12.4. The fourth-order valence-electron chi connectivity index (χ4n) is 2.51. The second-order valence-corrected chi connectivity index (χ2v) is 5.29. The molecule has 1 saturated heterocycles. The van der Waals surface area contributed by atoms with Gasteiger partial charge in [0.15, 0.2) is 0 Å². The molecule has 0 aliphatic carbocycles. The number of carboxylic acid groups (broad SMARTS) is 1. The van der Waals surface area contributed by atoms with Crippen molar-refractivity contribution < 1.29 is 19.4 Å². The molecule has 2 unspecified atom stereocenters. The molecular formula is C14H26N2O4. The lowest BCUT2D eigenvalue weighted by Gasteiger charge is -2.37. The van der Waals surface area contributed by atoms with E-state index in [1.165, 1.54) is 4.90 Å². The van der Waals surface area contributed by atoms with E-state index in [0.717, 1.165) is 32.3 Å². The maximum Gasteiger partial charge on any atom is 0.326 e. The predicted octanol–water partition coefficient (Wildman–Crippen LogP) is 1.70. The minimum atomic E-state index is -0.918. The Labute approximate surface area is 120 Å². The summed E-state index contributed by atoms with van der Waals surface area (Å²) in [6, 6.07) is -0.987. The number of hydrogen-bond donors (Lipinski definition) is 2. The Kier molecular flexibility index (Phi) is 7.36. The van der Waals surface area contributed by atoms with Crippen LogP contribution in [0.1, 0.15) is 39.5 Å². The molecule has 2 amide bonds. The molecule has 1 fully saturated rings. The average Bonchev–Trinajstić information content (AvgIpc) is 2.41. The van der Waals surface area contributed by atoms with E-state index in [-0.39, 0.29) is 11.9 Å². The molecule has 0 bridgehead atoms. The number of nitrogens with one attached hydrogen (secondary N) is 1. The van der Waals surface area contributed by atoms with Gasteiger partial charge in [-0.05, 0) is 31.6 Å². The first-order valence-electron chi connectivity index (χ1n) is 7.43. The number of nitrogens with zero attached hydrogens (tertiary/aromatic N) is 1. The summed E-state index contributed by atoms with van der Waals surface area (Å²) in [6.07, 6.45) is 3.44. The van der Waals surface area contributed by atoms with Crippen LogP contribution in [-0.2, 0) is 9.53 Å². The molecule has 116 valence electrons. The predicted molar refractivity (Wildman–Crippen MR) is 75.7 cm³/mol. The number of carboxylic acids is 1. The number of likely N-dealkylation sites (tertiary alicyclic amines) is 1. The molecular weight excluding hydrogens is 260 g/mol. The Morgan fingerprint density at radius 2 is 2.15 bits per heavy atom. The second-order valence-electron chi connectivity index (χ2n) is 5.29. The van der Waals surface area contributed by atoms with Crippen molar-refractivity contribution >= 4 is 12.0 Å². The number of carbonyl (C=O) groups excluding carboxylic acids is 1. The minimum absolute atomic E-state index is 0.000104. The average molecular weight is 286 g/mol.